The number of fused-ring (bicyclic) bond motifs is 3. The monoisotopic (exact) mass is 440 g/mol. The third-order valence-electron chi connectivity index (χ3n) is 7.11. The van der Waals surface area contributed by atoms with Crippen LogP contribution in [0, 0.1) is 11.8 Å². The van der Waals surface area contributed by atoms with Gasteiger partial charge < -0.3 is 10.2 Å². The van der Waals surface area contributed by atoms with Gasteiger partial charge in [0, 0.05) is 56.7 Å². The van der Waals surface area contributed by atoms with E-state index in [2.05, 4.69) is 39.5 Å². The van der Waals surface area contributed by atoms with Crippen LogP contribution >= 0.6 is 12.4 Å². The lowest BCUT2D eigenvalue weighted by Crippen LogP contribution is -2.55. The Hall–Kier alpha value is -1.95. The van der Waals surface area contributed by atoms with Gasteiger partial charge in [0.1, 0.15) is 0 Å². The molecule has 3 atom stereocenters. The molecule has 2 aromatic rings. The fraction of sp³-hybridized carbons (Fsp3) is 0.520. The minimum absolute atomic E-state index is 0. The van der Waals surface area contributed by atoms with Gasteiger partial charge in [-0.3, -0.25) is 14.7 Å². The number of piperidine rings is 2. The number of benzene rings is 1. The van der Waals surface area contributed by atoms with Gasteiger partial charge in [-0.25, -0.2) is 0 Å². The van der Waals surface area contributed by atoms with E-state index in [0.717, 1.165) is 57.0 Å². The topological polar surface area (TPSA) is 48.5 Å². The van der Waals surface area contributed by atoms with Crippen molar-refractivity contribution in [1.82, 2.24) is 15.2 Å². The molecule has 1 N–H and O–H groups in total. The predicted molar refractivity (Wildman–Crippen MR) is 126 cm³/mol. The number of carbonyl (C=O) groups excluding carboxylic acids is 1. The summed E-state index contributed by atoms with van der Waals surface area (Å²) in [4.78, 5) is 21.7. The molecular formula is C25H33ClN4O. The molecule has 0 aliphatic carbocycles. The minimum atomic E-state index is 0. The van der Waals surface area contributed by atoms with Crippen molar-refractivity contribution in [2.45, 2.75) is 44.7 Å². The summed E-state index contributed by atoms with van der Waals surface area (Å²) in [6, 6.07) is 13.1. The summed E-state index contributed by atoms with van der Waals surface area (Å²) in [5, 5.41) is 3.80. The SMILES string of the molecule is Cl.O=C(CCC[C@H]1NC[C@@H]2C[C@@H]1CN(Cc1cccnc1)C2)N1CCc2ccccc21. The van der Waals surface area contributed by atoms with Crippen LogP contribution in [0.1, 0.15) is 36.8 Å². The average Bonchev–Trinajstić information content (AvgIpc) is 3.20. The number of likely N-dealkylation sites (tertiary alicyclic amines) is 1. The van der Waals surface area contributed by atoms with Crippen molar-refractivity contribution in [2.75, 3.05) is 31.1 Å². The van der Waals surface area contributed by atoms with Crippen molar-refractivity contribution in [1.29, 1.82) is 0 Å². The minimum Gasteiger partial charge on any atom is -0.313 e. The van der Waals surface area contributed by atoms with Crippen LogP contribution in [-0.2, 0) is 17.8 Å². The summed E-state index contributed by atoms with van der Waals surface area (Å²) in [5.41, 5.74) is 3.74. The van der Waals surface area contributed by atoms with Gasteiger partial charge in [0.2, 0.25) is 5.91 Å². The van der Waals surface area contributed by atoms with Crippen molar-refractivity contribution in [3.8, 4) is 0 Å². The first-order valence-electron chi connectivity index (χ1n) is 11.5. The molecule has 3 aliphatic rings. The predicted octanol–water partition coefficient (Wildman–Crippen LogP) is 3.67. The highest BCUT2D eigenvalue weighted by Crippen LogP contribution is 2.32. The van der Waals surface area contributed by atoms with Crippen LogP contribution in [0.5, 0.6) is 0 Å². The number of nitrogens with one attached hydrogen (secondary N) is 1. The van der Waals surface area contributed by atoms with Crippen LogP contribution in [-0.4, -0.2) is 48.0 Å². The largest absolute Gasteiger partial charge is 0.313 e. The van der Waals surface area contributed by atoms with E-state index in [0.29, 0.717) is 18.4 Å². The number of rotatable bonds is 6. The van der Waals surface area contributed by atoms with Gasteiger partial charge in [-0.2, -0.15) is 0 Å². The lowest BCUT2D eigenvalue weighted by atomic mass is 9.79. The molecular weight excluding hydrogens is 408 g/mol. The number of hydrogen-bond acceptors (Lipinski definition) is 4. The number of para-hydroxylation sites is 1. The first kappa shape index (κ1) is 22.3. The van der Waals surface area contributed by atoms with Gasteiger partial charge in [-0.05, 0) is 67.3 Å². The number of amides is 1. The zero-order valence-corrected chi connectivity index (χ0v) is 18.9. The standard InChI is InChI=1S/C25H32N4O.ClH/c30-25(29-12-10-21-6-1-2-8-24(21)29)9-3-7-23-22-13-20(15-27-23)17-28(18-22)16-19-5-4-11-26-14-19;/h1-2,4-6,8,11,14,20,22-23,27H,3,7,9-10,12-13,15-18H2;1H/t20-,22+,23+;/m0./s1. The Balaban J connectivity index is 0.00000231. The van der Waals surface area contributed by atoms with Gasteiger partial charge in [0.15, 0.2) is 0 Å². The molecule has 0 radical (unpaired) electrons. The molecule has 0 unspecified atom stereocenters. The summed E-state index contributed by atoms with van der Waals surface area (Å²) < 4.78 is 0. The second-order valence-electron chi connectivity index (χ2n) is 9.25. The molecule has 1 aromatic carbocycles. The molecule has 6 heteroatoms. The number of pyridine rings is 1. The lowest BCUT2D eigenvalue weighted by molar-refractivity contribution is -0.118. The van der Waals surface area contributed by atoms with Crippen LogP contribution in [0.3, 0.4) is 0 Å². The van der Waals surface area contributed by atoms with Crippen LogP contribution in [0.15, 0.2) is 48.8 Å². The van der Waals surface area contributed by atoms with E-state index in [1.165, 1.54) is 24.1 Å². The maximum Gasteiger partial charge on any atom is 0.226 e. The molecule has 0 saturated carbocycles. The number of nitrogens with zero attached hydrogens (tertiary/aromatic N) is 3. The molecule has 2 fully saturated rings. The van der Waals surface area contributed by atoms with E-state index in [1.54, 1.807) is 0 Å². The van der Waals surface area contributed by atoms with Crippen molar-refractivity contribution >= 4 is 24.0 Å². The molecule has 2 bridgehead atoms. The van der Waals surface area contributed by atoms with Gasteiger partial charge in [0.25, 0.3) is 0 Å². The Morgan fingerprint density at radius 1 is 1.16 bits per heavy atom. The van der Waals surface area contributed by atoms with Crippen molar-refractivity contribution in [3.05, 3.63) is 59.9 Å². The highest BCUT2D eigenvalue weighted by molar-refractivity contribution is 5.95. The summed E-state index contributed by atoms with van der Waals surface area (Å²) in [7, 11) is 0. The second-order valence-corrected chi connectivity index (χ2v) is 9.25. The Morgan fingerprint density at radius 3 is 2.94 bits per heavy atom. The van der Waals surface area contributed by atoms with Gasteiger partial charge in [-0.15, -0.1) is 12.4 Å². The molecule has 31 heavy (non-hydrogen) atoms. The number of aromatic nitrogens is 1. The normalized spacial score (nSPS) is 25.0. The van der Waals surface area contributed by atoms with Crippen LogP contribution in [0.4, 0.5) is 5.69 Å². The number of anilines is 1. The molecule has 166 valence electrons. The first-order chi connectivity index (χ1) is 14.8. The van der Waals surface area contributed by atoms with E-state index in [1.807, 2.05) is 29.4 Å². The van der Waals surface area contributed by atoms with Gasteiger partial charge in [-0.1, -0.05) is 24.3 Å². The van der Waals surface area contributed by atoms with Crippen LogP contribution in [0.25, 0.3) is 0 Å². The number of carbonyl (C=O) groups is 1. The smallest absolute Gasteiger partial charge is 0.226 e. The van der Waals surface area contributed by atoms with Gasteiger partial charge >= 0.3 is 0 Å². The highest BCUT2D eigenvalue weighted by Gasteiger charge is 2.36. The van der Waals surface area contributed by atoms with Crippen LogP contribution < -0.4 is 10.2 Å². The van der Waals surface area contributed by atoms with E-state index in [-0.39, 0.29) is 18.3 Å². The Kier molecular flexibility index (Phi) is 7.26. The maximum absolute atomic E-state index is 12.8. The molecule has 4 heterocycles. The zero-order chi connectivity index (χ0) is 20.3. The summed E-state index contributed by atoms with van der Waals surface area (Å²) in [5.74, 6) is 1.73. The molecule has 0 spiro atoms. The Morgan fingerprint density at radius 2 is 2.06 bits per heavy atom. The van der Waals surface area contributed by atoms with E-state index >= 15 is 0 Å². The van der Waals surface area contributed by atoms with E-state index < -0.39 is 0 Å². The summed E-state index contributed by atoms with van der Waals surface area (Å²) >= 11 is 0. The Labute approximate surface area is 191 Å². The zero-order valence-electron chi connectivity index (χ0n) is 18.1. The number of halogens is 1. The highest BCUT2D eigenvalue weighted by atomic mass is 35.5. The Bertz CT molecular complexity index is 877. The molecule has 5 rings (SSSR count). The van der Waals surface area contributed by atoms with Crippen LogP contribution in [0.2, 0.25) is 0 Å². The first-order valence-corrected chi connectivity index (χ1v) is 11.5. The third kappa shape index (κ3) is 5.11. The number of hydrogen-bond donors (Lipinski definition) is 1. The molecule has 2 saturated heterocycles. The van der Waals surface area contributed by atoms with E-state index in [9.17, 15) is 4.79 Å². The van der Waals surface area contributed by atoms with Crippen molar-refractivity contribution in [3.63, 3.8) is 0 Å². The third-order valence-corrected chi connectivity index (χ3v) is 7.11. The summed E-state index contributed by atoms with van der Waals surface area (Å²) in [6.45, 7) is 5.28. The quantitative estimate of drug-likeness (QED) is 0.744. The van der Waals surface area contributed by atoms with E-state index in [4.69, 9.17) is 0 Å². The fourth-order valence-corrected chi connectivity index (χ4v) is 5.69. The van der Waals surface area contributed by atoms with Crippen molar-refractivity contribution in [2.24, 2.45) is 11.8 Å². The van der Waals surface area contributed by atoms with Gasteiger partial charge in [0.05, 0.1) is 0 Å². The molecule has 3 aliphatic heterocycles. The maximum atomic E-state index is 12.8. The fourth-order valence-electron chi connectivity index (χ4n) is 5.69. The molecule has 1 amide bonds. The summed E-state index contributed by atoms with van der Waals surface area (Å²) in [6.07, 6.45) is 8.87. The second kappa shape index (κ2) is 10.1. The molecule has 1 aromatic heterocycles. The van der Waals surface area contributed by atoms with Crippen molar-refractivity contribution < 1.29 is 4.79 Å². The lowest BCUT2D eigenvalue weighted by Gasteiger charge is -2.46. The average molecular weight is 441 g/mol. The molecule has 5 nitrogen and oxygen atoms in total.